The summed E-state index contributed by atoms with van der Waals surface area (Å²) in [6.45, 7) is 3.20. The molecule has 0 amide bonds. The molecule has 4 aromatic rings. The van der Waals surface area contributed by atoms with Crippen LogP contribution in [0.3, 0.4) is 0 Å². The molecule has 0 unspecified atom stereocenters. The third kappa shape index (κ3) is 2.33. The lowest BCUT2D eigenvalue weighted by Crippen LogP contribution is -1.93. The summed E-state index contributed by atoms with van der Waals surface area (Å²) in [5.41, 5.74) is 2.28. The molecule has 2 aromatic carbocycles. The topological polar surface area (TPSA) is 27.3 Å². The molecule has 4 heteroatoms. The molecule has 0 fully saturated rings. The average molecular weight is 384 g/mol. The quantitative estimate of drug-likeness (QED) is 0.417. The van der Waals surface area contributed by atoms with Gasteiger partial charge in [-0.25, -0.2) is 0 Å². The fraction of sp³-hybridized carbons (Fsp3) is 0.200. The maximum Gasteiger partial charge on any atom is 0.142 e. The highest BCUT2D eigenvalue weighted by Gasteiger charge is 2.17. The van der Waals surface area contributed by atoms with Gasteiger partial charge < -0.3 is 13.7 Å². The molecule has 0 atom stereocenters. The van der Waals surface area contributed by atoms with Gasteiger partial charge >= 0.3 is 0 Å². The van der Waals surface area contributed by atoms with Crippen LogP contribution in [0.15, 0.2) is 57.7 Å². The Kier molecular flexibility index (Phi) is 3.85. The number of hydrogen-bond donors (Lipinski definition) is 0. The number of aromatic nitrogens is 1. The van der Waals surface area contributed by atoms with Crippen molar-refractivity contribution in [1.29, 1.82) is 0 Å². The largest absolute Gasteiger partial charge is 0.497 e. The summed E-state index contributed by atoms with van der Waals surface area (Å²) in [4.78, 5) is 0. The van der Waals surface area contributed by atoms with Gasteiger partial charge in [0.05, 0.1) is 13.4 Å². The van der Waals surface area contributed by atoms with Crippen molar-refractivity contribution in [3.05, 3.63) is 53.3 Å². The van der Waals surface area contributed by atoms with Crippen molar-refractivity contribution >= 4 is 37.6 Å². The second-order valence-electron chi connectivity index (χ2n) is 5.89. The molecule has 0 aliphatic carbocycles. The van der Waals surface area contributed by atoms with E-state index >= 15 is 0 Å². The number of benzene rings is 2. The number of hydrogen-bond acceptors (Lipinski definition) is 2. The number of furan rings is 1. The van der Waals surface area contributed by atoms with Gasteiger partial charge in [0.2, 0.25) is 0 Å². The van der Waals surface area contributed by atoms with Crippen molar-refractivity contribution in [3.63, 3.8) is 0 Å². The lowest BCUT2D eigenvalue weighted by Gasteiger charge is -2.04. The minimum absolute atomic E-state index is 0.843. The fourth-order valence-electron chi connectivity index (χ4n) is 3.26. The molecule has 0 aliphatic heterocycles. The molecule has 0 spiro atoms. The number of fused-ring (bicyclic) bond motifs is 3. The van der Waals surface area contributed by atoms with Gasteiger partial charge in [0.1, 0.15) is 11.5 Å². The van der Waals surface area contributed by atoms with E-state index in [1.54, 1.807) is 7.11 Å². The Hall–Kier alpha value is -2.20. The van der Waals surface area contributed by atoms with Crippen LogP contribution in [-0.4, -0.2) is 11.7 Å². The molecule has 0 bridgehead atoms. The Morgan fingerprint density at radius 1 is 1.08 bits per heavy atom. The first-order valence-electron chi connectivity index (χ1n) is 8.06. The van der Waals surface area contributed by atoms with E-state index in [2.05, 4.69) is 45.8 Å². The zero-order chi connectivity index (χ0) is 16.7. The molecular weight excluding hydrogens is 366 g/mol. The second kappa shape index (κ2) is 6.02. The second-order valence-corrected chi connectivity index (χ2v) is 6.74. The summed E-state index contributed by atoms with van der Waals surface area (Å²) >= 11 is 3.74. The predicted molar refractivity (Wildman–Crippen MR) is 102 cm³/mol. The van der Waals surface area contributed by atoms with Crippen LogP contribution in [-0.2, 0) is 6.54 Å². The van der Waals surface area contributed by atoms with E-state index in [4.69, 9.17) is 9.15 Å². The van der Waals surface area contributed by atoms with Crippen LogP contribution in [0.25, 0.3) is 33.0 Å². The molecule has 122 valence electrons. The van der Waals surface area contributed by atoms with Crippen molar-refractivity contribution in [1.82, 2.24) is 4.57 Å². The van der Waals surface area contributed by atoms with Crippen molar-refractivity contribution in [2.45, 2.75) is 19.9 Å². The van der Waals surface area contributed by atoms with Gasteiger partial charge in [-0.15, -0.1) is 0 Å². The minimum atomic E-state index is 0.843. The first-order chi connectivity index (χ1) is 11.7. The van der Waals surface area contributed by atoms with Crippen LogP contribution in [0, 0.1) is 0 Å². The Bertz CT molecular complexity index is 1010. The summed E-state index contributed by atoms with van der Waals surface area (Å²) in [5.74, 6) is 1.74. The van der Waals surface area contributed by atoms with E-state index in [1.807, 2.05) is 30.5 Å². The van der Waals surface area contributed by atoms with Gasteiger partial charge in [0, 0.05) is 44.5 Å². The van der Waals surface area contributed by atoms with E-state index in [1.165, 1.54) is 10.9 Å². The molecule has 2 aromatic heterocycles. The fourth-order valence-corrected chi connectivity index (χ4v) is 3.91. The van der Waals surface area contributed by atoms with Crippen LogP contribution in [0.4, 0.5) is 0 Å². The Labute approximate surface area is 149 Å². The summed E-state index contributed by atoms with van der Waals surface area (Å²) < 4.78 is 14.6. The van der Waals surface area contributed by atoms with E-state index in [0.29, 0.717) is 0 Å². The van der Waals surface area contributed by atoms with Crippen molar-refractivity contribution in [2.75, 3.05) is 7.11 Å². The van der Waals surface area contributed by atoms with Crippen molar-refractivity contribution in [3.8, 4) is 17.1 Å². The molecular formula is C20H18BrNO2. The van der Waals surface area contributed by atoms with Gasteiger partial charge in [0.15, 0.2) is 0 Å². The molecule has 0 radical (unpaired) electrons. The third-order valence-corrected chi connectivity index (χ3v) is 4.98. The summed E-state index contributed by atoms with van der Waals surface area (Å²) in [5, 5.41) is 3.48. The third-order valence-electron chi connectivity index (χ3n) is 4.38. The zero-order valence-electron chi connectivity index (χ0n) is 13.7. The summed E-state index contributed by atoms with van der Waals surface area (Å²) in [6, 6.07) is 12.3. The molecule has 0 aliphatic rings. The Morgan fingerprint density at radius 2 is 1.88 bits per heavy atom. The SMILES string of the molecule is CCCn1cc(Br)c2c3c(-c4ccc(OC)cc4)occ3ccc21. The van der Waals surface area contributed by atoms with Crippen LogP contribution in [0.5, 0.6) is 5.75 Å². The Balaban J connectivity index is 1.99. The number of halogens is 1. The number of rotatable bonds is 4. The van der Waals surface area contributed by atoms with E-state index in [9.17, 15) is 0 Å². The first-order valence-corrected chi connectivity index (χ1v) is 8.85. The maximum atomic E-state index is 5.94. The Morgan fingerprint density at radius 3 is 2.58 bits per heavy atom. The first kappa shape index (κ1) is 15.3. The van der Waals surface area contributed by atoms with Crippen LogP contribution in [0.2, 0.25) is 0 Å². The van der Waals surface area contributed by atoms with E-state index < -0.39 is 0 Å². The van der Waals surface area contributed by atoms with Gasteiger partial charge in [-0.3, -0.25) is 0 Å². The van der Waals surface area contributed by atoms with Gasteiger partial charge in [-0.2, -0.15) is 0 Å². The van der Waals surface area contributed by atoms with E-state index in [0.717, 1.165) is 45.3 Å². The number of nitrogens with zero attached hydrogens (tertiary/aromatic N) is 1. The smallest absolute Gasteiger partial charge is 0.142 e. The number of ether oxygens (including phenoxy) is 1. The minimum Gasteiger partial charge on any atom is -0.497 e. The summed E-state index contributed by atoms with van der Waals surface area (Å²) in [7, 11) is 1.67. The van der Waals surface area contributed by atoms with Gasteiger partial charge in [-0.05, 0) is 58.7 Å². The normalized spacial score (nSPS) is 11.5. The van der Waals surface area contributed by atoms with Crippen molar-refractivity contribution in [2.24, 2.45) is 0 Å². The maximum absolute atomic E-state index is 5.94. The molecule has 0 N–H and O–H groups in total. The van der Waals surface area contributed by atoms with Crippen LogP contribution >= 0.6 is 15.9 Å². The van der Waals surface area contributed by atoms with Gasteiger partial charge in [-0.1, -0.05) is 6.92 Å². The van der Waals surface area contributed by atoms with Crippen LogP contribution in [0.1, 0.15) is 13.3 Å². The molecule has 0 saturated carbocycles. The van der Waals surface area contributed by atoms with Gasteiger partial charge in [0.25, 0.3) is 0 Å². The molecule has 0 saturated heterocycles. The molecule has 2 heterocycles. The molecule has 4 rings (SSSR count). The number of aryl methyl sites for hydroxylation is 1. The number of methoxy groups -OCH3 is 1. The van der Waals surface area contributed by atoms with E-state index in [-0.39, 0.29) is 0 Å². The highest BCUT2D eigenvalue weighted by molar-refractivity contribution is 9.10. The molecule has 24 heavy (non-hydrogen) atoms. The highest BCUT2D eigenvalue weighted by atomic mass is 79.9. The van der Waals surface area contributed by atoms with Crippen molar-refractivity contribution < 1.29 is 9.15 Å². The predicted octanol–water partition coefficient (Wildman–Crippen LogP) is 6.24. The lowest BCUT2D eigenvalue weighted by atomic mass is 10.0. The standard InChI is InChI=1S/C20H18BrNO2/c1-3-10-22-11-16(21)19-17(22)9-6-14-12-24-20(18(14)19)13-4-7-15(23-2)8-5-13/h4-9,11-12H,3,10H2,1-2H3. The van der Waals surface area contributed by atoms with Crippen LogP contribution < -0.4 is 4.74 Å². The molecule has 3 nitrogen and oxygen atoms in total. The zero-order valence-corrected chi connectivity index (χ0v) is 15.3. The monoisotopic (exact) mass is 383 g/mol. The average Bonchev–Trinajstić information content (AvgIpc) is 3.17. The lowest BCUT2D eigenvalue weighted by molar-refractivity contribution is 0.415. The highest BCUT2D eigenvalue weighted by Crippen LogP contribution is 2.40. The summed E-state index contributed by atoms with van der Waals surface area (Å²) in [6.07, 6.45) is 5.10.